The van der Waals surface area contributed by atoms with Gasteiger partial charge in [-0.2, -0.15) is 0 Å². The van der Waals surface area contributed by atoms with Crippen LogP contribution in [0.25, 0.3) is 0 Å². The first-order chi connectivity index (χ1) is 8.15. The zero-order valence-electron chi connectivity index (χ0n) is 9.96. The predicted molar refractivity (Wildman–Crippen MR) is 68.4 cm³/mol. The molecule has 1 aliphatic rings. The Morgan fingerprint density at radius 3 is 2.94 bits per heavy atom. The van der Waals surface area contributed by atoms with Crippen molar-refractivity contribution in [2.45, 2.75) is 25.8 Å². The van der Waals surface area contributed by atoms with E-state index in [2.05, 4.69) is 22.5 Å². The number of anilines is 1. The van der Waals surface area contributed by atoms with Crippen molar-refractivity contribution in [3.8, 4) is 0 Å². The van der Waals surface area contributed by atoms with E-state index in [1.54, 1.807) is 19.2 Å². The van der Waals surface area contributed by atoms with Gasteiger partial charge in [-0.1, -0.05) is 24.9 Å². The summed E-state index contributed by atoms with van der Waals surface area (Å²) in [5.41, 5.74) is 0.292. The molecule has 2 atom stereocenters. The van der Waals surface area contributed by atoms with E-state index < -0.39 is 0 Å². The van der Waals surface area contributed by atoms with Crippen LogP contribution in [-0.4, -0.2) is 24.0 Å². The molecular formula is C12H16ClN3O. The maximum Gasteiger partial charge on any atom is 0.271 e. The van der Waals surface area contributed by atoms with Crippen LogP contribution in [0.15, 0.2) is 12.1 Å². The molecule has 1 amide bonds. The lowest BCUT2D eigenvalue weighted by Crippen LogP contribution is -2.28. The minimum atomic E-state index is -0.187. The smallest absolute Gasteiger partial charge is 0.271 e. The molecule has 92 valence electrons. The summed E-state index contributed by atoms with van der Waals surface area (Å²) in [6.07, 6.45) is 2.16. The maximum atomic E-state index is 12.0. The minimum Gasteiger partial charge on any atom is -0.373 e. The maximum absolute atomic E-state index is 12.0. The van der Waals surface area contributed by atoms with E-state index in [0.29, 0.717) is 28.5 Å². The number of nitrogens with one attached hydrogen (secondary N) is 2. The van der Waals surface area contributed by atoms with Crippen LogP contribution in [0.3, 0.4) is 0 Å². The molecule has 2 N–H and O–H groups in total. The Balaban J connectivity index is 2.08. The van der Waals surface area contributed by atoms with Gasteiger partial charge >= 0.3 is 0 Å². The molecule has 0 bridgehead atoms. The average Bonchev–Trinajstić information content (AvgIpc) is 3.08. The van der Waals surface area contributed by atoms with Crippen molar-refractivity contribution in [3.63, 3.8) is 0 Å². The highest BCUT2D eigenvalue weighted by molar-refractivity contribution is 6.33. The summed E-state index contributed by atoms with van der Waals surface area (Å²) >= 11 is 5.97. The Morgan fingerprint density at radius 2 is 2.35 bits per heavy atom. The fourth-order valence-corrected chi connectivity index (χ4v) is 2.04. The number of halogens is 1. The van der Waals surface area contributed by atoms with E-state index in [9.17, 15) is 4.79 Å². The van der Waals surface area contributed by atoms with Crippen LogP contribution in [0, 0.1) is 5.92 Å². The average molecular weight is 254 g/mol. The SMILES string of the molecule is CCC1CC1NC(=O)c1nc(NC)ccc1Cl. The number of hydrogen-bond acceptors (Lipinski definition) is 3. The summed E-state index contributed by atoms with van der Waals surface area (Å²) in [5.74, 6) is 1.07. The molecule has 1 saturated carbocycles. The third-order valence-corrected chi connectivity index (χ3v) is 3.39. The van der Waals surface area contributed by atoms with Gasteiger partial charge in [-0.15, -0.1) is 0 Å². The normalized spacial score (nSPS) is 22.1. The molecule has 1 aromatic rings. The van der Waals surface area contributed by atoms with Crippen molar-refractivity contribution >= 4 is 23.3 Å². The van der Waals surface area contributed by atoms with Crippen molar-refractivity contribution in [3.05, 3.63) is 22.8 Å². The van der Waals surface area contributed by atoms with Gasteiger partial charge in [0, 0.05) is 13.1 Å². The minimum absolute atomic E-state index is 0.187. The zero-order valence-corrected chi connectivity index (χ0v) is 10.7. The molecule has 1 fully saturated rings. The number of amides is 1. The van der Waals surface area contributed by atoms with E-state index in [0.717, 1.165) is 12.8 Å². The lowest BCUT2D eigenvalue weighted by Gasteiger charge is -2.07. The van der Waals surface area contributed by atoms with Crippen molar-refractivity contribution in [2.75, 3.05) is 12.4 Å². The van der Waals surface area contributed by atoms with Crippen LogP contribution in [0.4, 0.5) is 5.82 Å². The number of rotatable bonds is 4. The number of aromatic nitrogens is 1. The van der Waals surface area contributed by atoms with E-state index in [1.165, 1.54) is 0 Å². The summed E-state index contributed by atoms with van der Waals surface area (Å²) in [6, 6.07) is 3.72. The summed E-state index contributed by atoms with van der Waals surface area (Å²) < 4.78 is 0. The fraction of sp³-hybridized carbons (Fsp3) is 0.500. The molecule has 0 spiro atoms. The van der Waals surface area contributed by atoms with Crippen molar-refractivity contribution < 1.29 is 4.79 Å². The van der Waals surface area contributed by atoms with Gasteiger partial charge in [0.2, 0.25) is 0 Å². The number of hydrogen-bond donors (Lipinski definition) is 2. The van der Waals surface area contributed by atoms with E-state index in [-0.39, 0.29) is 5.91 Å². The molecule has 2 unspecified atom stereocenters. The molecule has 1 aliphatic carbocycles. The Labute approximate surface area is 106 Å². The third kappa shape index (κ3) is 2.69. The molecule has 0 saturated heterocycles. The Morgan fingerprint density at radius 1 is 1.59 bits per heavy atom. The second kappa shape index (κ2) is 4.92. The van der Waals surface area contributed by atoms with Crippen LogP contribution in [0.5, 0.6) is 0 Å². The Kier molecular flexibility index (Phi) is 3.52. The van der Waals surface area contributed by atoms with Gasteiger partial charge in [0.25, 0.3) is 5.91 Å². The van der Waals surface area contributed by atoms with Crippen LogP contribution < -0.4 is 10.6 Å². The second-order valence-electron chi connectivity index (χ2n) is 4.26. The highest BCUT2D eigenvalue weighted by Gasteiger charge is 2.37. The molecule has 1 aromatic heterocycles. The van der Waals surface area contributed by atoms with E-state index in [1.807, 2.05) is 0 Å². The van der Waals surface area contributed by atoms with Crippen molar-refractivity contribution in [1.29, 1.82) is 0 Å². The van der Waals surface area contributed by atoms with Gasteiger partial charge in [0.1, 0.15) is 11.5 Å². The Bertz CT molecular complexity index is 436. The first kappa shape index (κ1) is 12.2. The molecule has 5 heteroatoms. The Hall–Kier alpha value is -1.29. The molecular weight excluding hydrogens is 238 g/mol. The largest absolute Gasteiger partial charge is 0.373 e. The first-order valence-corrected chi connectivity index (χ1v) is 6.18. The predicted octanol–water partition coefficient (Wildman–Crippen LogP) is 2.31. The summed E-state index contributed by atoms with van der Waals surface area (Å²) in [6.45, 7) is 2.13. The van der Waals surface area contributed by atoms with Gasteiger partial charge in [0.15, 0.2) is 0 Å². The lowest BCUT2D eigenvalue weighted by atomic mass is 10.3. The van der Waals surface area contributed by atoms with Gasteiger partial charge < -0.3 is 10.6 Å². The third-order valence-electron chi connectivity index (χ3n) is 3.08. The molecule has 0 aliphatic heterocycles. The highest BCUT2D eigenvalue weighted by Crippen LogP contribution is 2.33. The molecule has 17 heavy (non-hydrogen) atoms. The van der Waals surface area contributed by atoms with Gasteiger partial charge in [-0.3, -0.25) is 4.79 Å². The van der Waals surface area contributed by atoms with E-state index >= 15 is 0 Å². The lowest BCUT2D eigenvalue weighted by molar-refractivity contribution is 0.0944. The van der Waals surface area contributed by atoms with E-state index in [4.69, 9.17) is 11.6 Å². The van der Waals surface area contributed by atoms with Crippen LogP contribution in [0.1, 0.15) is 30.3 Å². The summed E-state index contributed by atoms with van der Waals surface area (Å²) in [4.78, 5) is 16.1. The van der Waals surface area contributed by atoms with Gasteiger partial charge in [-0.25, -0.2) is 4.98 Å². The number of pyridine rings is 1. The fourth-order valence-electron chi connectivity index (χ4n) is 1.85. The highest BCUT2D eigenvalue weighted by atomic mass is 35.5. The quantitative estimate of drug-likeness (QED) is 0.866. The van der Waals surface area contributed by atoms with Crippen molar-refractivity contribution in [1.82, 2.24) is 10.3 Å². The first-order valence-electron chi connectivity index (χ1n) is 5.80. The van der Waals surface area contributed by atoms with Crippen LogP contribution in [-0.2, 0) is 0 Å². The van der Waals surface area contributed by atoms with Crippen molar-refractivity contribution in [2.24, 2.45) is 5.92 Å². The number of nitrogens with zero attached hydrogens (tertiary/aromatic N) is 1. The topological polar surface area (TPSA) is 54.0 Å². The molecule has 2 rings (SSSR count). The second-order valence-corrected chi connectivity index (χ2v) is 4.67. The zero-order chi connectivity index (χ0) is 12.4. The van der Waals surface area contributed by atoms with Gasteiger partial charge in [0.05, 0.1) is 5.02 Å². The van der Waals surface area contributed by atoms with Crippen LogP contribution in [0.2, 0.25) is 5.02 Å². The van der Waals surface area contributed by atoms with Crippen LogP contribution >= 0.6 is 11.6 Å². The number of carbonyl (C=O) groups is 1. The summed E-state index contributed by atoms with van der Waals surface area (Å²) in [7, 11) is 1.76. The molecule has 1 heterocycles. The standard InChI is InChI=1S/C12H16ClN3O/c1-3-7-6-9(7)15-12(17)11-8(13)4-5-10(14-2)16-11/h4-5,7,9H,3,6H2,1-2H3,(H,14,16)(H,15,17). The molecule has 4 nitrogen and oxygen atoms in total. The molecule has 0 aromatic carbocycles. The molecule has 0 radical (unpaired) electrons. The number of carbonyl (C=O) groups excluding carboxylic acids is 1. The summed E-state index contributed by atoms with van der Waals surface area (Å²) in [5, 5.41) is 6.22. The monoisotopic (exact) mass is 253 g/mol. The van der Waals surface area contributed by atoms with Gasteiger partial charge in [-0.05, 0) is 24.5 Å².